The summed E-state index contributed by atoms with van der Waals surface area (Å²) in [4.78, 5) is 2.63. The van der Waals surface area contributed by atoms with Crippen LogP contribution in [-0.2, 0) is 37.9 Å². The highest BCUT2D eigenvalue weighted by Gasteiger charge is 1.95. The van der Waals surface area contributed by atoms with Crippen molar-refractivity contribution in [1.29, 1.82) is 0 Å². The minimum Gasteiger partial charge on any atom is -0.379 e. The van der Waals surface area contributed by atoms with Crippen molar-refractivity contribution in [3.63, 3.8) is 0 Å². The van der Waals surface area contributed by atoms with Gasteiger partial charge < -0.3 is 37.9 Å². The molecule has 0 spiro atoms. The van der Waals surface area contributed by atoms with Crippen LogP contribution < -0.4 is 0 Å². The lowest BCUT2D eigenvalue weighted by molar-refractivity contribution is -0.0226. The lowest BCUT2D eigenvalue weighted by atomic mass is 10.6. The lowest BCUT2D eigenvalue weighted by Crippen LogP contribution is -2.15. The fourth-order valence-corrected chi connectivity index (χ4v) is 2.16. The number of hydrogen-bond donors (Lipinski definition) is 0. The van der Waals surface area contributed by atoms with E-state index >= 15 is 0 Å². The van der Waals surface area contributed by atoms with Gasteiger partial charge in [-0.2, -0.15) is 0 Å². The summed E-state index contributed by atoms with van der Waals surface area (Å²) < 4.78 is 43.8. The van der Waals surface area contributed by atoms with Gasteiger partial charge in [0, 0.05) is 15.9 Å². The summed E-state index contributed by atoms with van der Waals surface area (Å²) in [6, 6.07) is 0. The number of alkyl halides is 1. The van der Waals surface area contributed by atoms with Crippen LogP contribution in [0.5, 0.6) is 0 Å². The first-order valence-electron chi connectivity index (χ1n) is 10.1. The third-order valence-electron chi connectivity index (χ3n) is 3.22. The standard InChI is InChI=1S/C18H36IN3O8/c19-1-3-23-5-7-25-9-11-27-13-15-29-17-18-30-16-14-28-12-10-26-8-6-24-4-2-21-22-20/h1-18H2. The highest BCUT2D eigenvalue weighted by molar-refractivity contribution is 14.1. The molecule has 0 aliphatic rings. The van der Waals surface area contributed by atoms with Crippen LogP contribution >= 0.6 is 22.6 Å². The summed E-state index contributed by atoms with van der Waals surface area (Å²) in [5, 5.41) is 3.36. The van der Waals surface area contributed by atoms with Gasteiger partial charge in [0.05, 0.1) is 106 Å². The second-order valence-electron chi connectivity index (χ2n) is 5.54. The number of azide groups is 1. The molecule has 0 aromatic heterocycles. The zero-order chi connectivity index (χ0) is 21.8. The molecule has 178 valence electrons. The Morgan fingerprint density at radius 1 is 0.467 bits per heavy atom. The Labute approximate surface area is 192 Å². The van der Waals surface area contributed by atoms with E-state index in [9.17, 15) is 0 Å². The summed E-state index contributed by atoms with van der Waals surface area (Å²) in [7, 11) is 0. The monoisotopic (exact) mass is 549 g/mol. The van der Waals surface area contributed by atoms with E-state index in [-0.39, 0.29) is 0 Å². The third-order valence-corrected chi connectivity index (χ3v) is 3.66. The molecule has 0 rings (SSSR count). The van der Waals surface area contributed by atoms with E-state index in [1.807, 2.05) is 0 Å². The zero-order valence-corrected chi connectivity index (χ0v) is 19.9. The molecule has 0 aliphatic heterocycles. The van der Waals surface area contributed by atoms with Crippen LogP contribution in [0.25, 0.3) is 10.4 Å². The third kappa shape index (κ3) is 27.7. The van der Waals surface area contributed by atoms with Crippen molar-refractivity contribution in [3.05, 3.63) is 10.4 Å². The molecular formula is C18H36IN3O8. The van der Waals surface area contributed by atoms with Crippen molar-refractivity contribution in [3.8, 4) is 0 Å². The Morgan fingerprint density at radius 3 is 1.00 bits per heavy atom. The number of hydrogen-bond acceptors (Lipinski definition) is 9. The second-order valence-corrected chi connectivity index (χ2v) is 6.62. The van der Waals surface area contributed by atoms with E-state index in [0.717, 1.165) is 11.0 Å². The number of nitrogens with zero attached hydrogens (tertiary/aromatic N) is 3. The molecule has 12 heteroatoms. The van der Waals surface area contributed by atoms with Gasteiger partial charge in [0.25, 0.3) is 0 Å². The number of halogens is 1. The first-order valence-corrected chi connectivity index (χ1v) is 11.6. The summed E-state index contributed by atoms with van der Waals surface area (Å²) in [6.45, 7) is 8.96. The Bertz CT molecular complexity index is 379. The average molecular weight is 549 g/mol. The smallest absolute Gasteiger partial charge is 0.0701 e. The molecule has 0 aliphatic carbocycles. The van der Waals surface area contributed by atoms with Crippen LogP contribution in [0.4, 0.5) is 0 Å². The molecule has 0 heterocycles. The van der Waals surface area contributed by atoms with Crippen LogP contribution in [0, 0.1) is 0 Å². The lowest BCUT2D eigenvalue weighted by Gasteiger charge is -2.08. The summed E-state index contributed by atoms with van der Waals surface area (Å²) in [6.07, 6.45) is 0. The van der Waals surface area contributed by atoms with E-state index in [1.54, 1.807) is 0 Å². The number of rotatable bonds is 26. The fourth-order valence-electron chi connectivity index (χ4n) is 1.85. The van der Waals surface area contributed by atoms with Crippen molar-refractivity contribution < 1.29 is 37.9 Å². The van der Waals surface area contributed by atoms with Crippen LogP contribution in [0.2, 0.25) is 0 Å². The van der Waals surface area contributed by atoms with Crippen LogP contribution in [0.15, 0.2) is 5.11 Å². The molecule has 0 saturated carbocycles. The maximum Gasteiger partial charge on any atom is 0.0701 e. The molecule has 0 fully saturated rings. The predicted octanol–water partition coefficient (Wildman–Crippen LogP) is 1.86. The number of ether oxygens (including phenoxy) is 8. The molecule has 0 unspecified atom stereocenters. The van der Waals surface area contributed by atoms with Crippen molar-refractivity contribution in [2.75, 3.05) is 117 Å². The van der Waals surface area contributed by atoms with Crippen molar-refractivity contribution in [2.24, 2.45) is 5.11 Å². The quantitative estimate of drug-likeness (QED) is 0.0400. The van der Waals surface area contributed by atoms with E-state index in [4.69, 9.17) is 43.4 Å². The van der Waals surface area contributed by atoms with Crippen LogP contribution in [0.1, 0.15) is 0 Å². The van der Waals surface area contributed by atoms with Crippen molar-refractivity contribution in [1.82, 2.24) is 0 Å². The molecule has 0 N–H and O–H groups in total. The van der Waals surface area contributed by atoms with Gasteiger partial charge >= 0.3 is 0 Å². The highest BCUT2D eigenvalue weighted by atomic mass is 127. The van der Waals surface area contributed by atoms with Gasteiger partial charge in [-0.25, -0.2) is 0 Å². The van der Waals surface area contributed by atoms with E-state index in [0.29, 0.717) is 106 Å². The highest BCUT2D eigenvalue weighted by Crippen LogP contribution is 1.86. The molecule has 0 atom stereocenters. The molecule has 0 saturated heterocycles. The van der Waals surface area contributed by atoms with Crippen LogP contribution in [-0.4, -0.2) is 117 Å². The molecule has 30 heavy (non-hydrogen) atoms. The van der Waals surface area contributed by atoms with E-state index in [2.05, 4.69) is 32.6 Å². The van der Waals surface area contributed by atoms with Gasteiger partial charge in [-0.3, -0.25) is 0 Å². The predicted molar refractivity (Wildman–Crippen MR) is 119 cm³/mol. The Balaban J connectivity index is 2.99. The summed E-state index contributed by atoms with van der Waals surface area (Å²) >= 11 is 2.27. The Morgan fingerprint density at radius 2 is 0.733 bits per heavy atom. The average Bonchev–Trinajstić information content (AvgIpc) is 2.76. The maximum absolute atomic E-state index is 8.09. The first kappa shape index (κ1) is 29.7. The molecule has 0 radical (unpaired) electrons. The SMILES string of the molecule is [N-]=[N+]=NCCOCCOCCOCCOCCOCCOCCOCCOCCI. The van der Waals surface area contributed by atoms with Gasteiger partial charge in [-0.1, -0.05) is 27.7 Å². The molecule has 0 bridgehead atoms. The summed E-state index contributed by atoms with van der Waals surface area (Å²) in [5.41, 5.74) is 8.09. The minimum atomic E-state index is 0.337. The Kier molecular flexibility index (Phi) is 28.5. The largest absolute Gasteiger partial charge is 0.379 e. The maximum atomic E-state index is 8.09. The van der Waals surface area contributed by atoms with Crippen molar-refractivity contribution in [2.45, 2.75) is 0 Å². The second kappa shape index (κ2) is 28.7. The van der Waals surface area contributed by atoms with Crippen molar-refractivity contribution >= 4 is 22.6 Å². The topological polar surface area (TPSA) is 123 Å². The van der Waals surface area contributed by atoms with E-state index < -0.39 is 0 Å². The molecule has 0 aromatic rings. The van der Waals surface area contributed by atoms with Gasteiger partial charge in [0.1, 0.15) is 0 Å². The van der Waals surface area contributed by atoms with E-state index in [1.165, 1.54) is 0 Å². The van der Waals surface area contributed by atoms with Gasteiger partial charge in [0.2, 0.25) is 0 Å². The molecule has 0 aromatic carbocycles. The van der Waals surface area contributed by atoms with Gasteiger partial charge in [0.15, 0.2) is 0 Å². The Hall–Kier alpha value is -0.280. The normalized spacial score (nSPS) is 11.0. The minimum absolute atomic E-state index is 0.337. The van der Waals surface area contributed by atoms with Crippen LogP contribution in [0.3, 0.4) is 0 Å². The molecule has 11 nitrogen and oxygen atoms in total. The molecule has 0 amide bonds. The first-order chi connectivity index (χ1) is 14.9. The molecular weight excluding hydrogens is 513 g/mol. The van der Waals surface area contributed by atoms with Gasteiger partial charge in [-0.15, -0.1) is 0 Å². The fraction of sp³-hybridized carbons (Fsp3) is 1.00. The summed E-state index contributed by atoms with van der Waals surface area (Å²) in [5.74, 6) is 0. The zero-order valence-electron chi connectivity index (χ0n) is 17.7. The van der Waals surface area contributed by atoms with Gasteiger partial charge in [-0.05, 0) is 5.53 Å².